The van der Waals surface area contributed by atoms with Crippen molar-refractivity contribution in [1.29, 1.82) is 0 Å². The van der Waals surface area contributed by atoms with Crippen molar-refractivity contribution in [3.05, 3.63) is 5.82 Å². The fourth-order valence-corrected chi connectivity index (χ4v) is 2.78. The van der Waals surface area contributed by atoms with Crippen LogP contribution in [0.1, 0.15) is 19.7 Å². The average molecular weight is 300 g/mol. The summed E-state index contributed by atoms with van der Waals surface area (Å²) in [7, 11) is 0. The third kappa shape index (κ3) is 3.71. The van der Waals surface area contributed by atoms with E-state index >= 15 is 0 Å². The minimum absolute atomic E-state index is 0.0286. The Morgan fingerprint density at radius 2 is 2.35 bits per heavy atom. The highest BCUT2D eigenvalue weighted by molar-refractivity contribution is 7.99. The highest BCUT2D eigenvalue weighted by Crippen LogP contribution is 2.18. The van der Waals surface area contributed by atoms with Crippen LogP contribution < -0.4 is 0 Å². The van der Waals surface area contributed by atoms with E-state index in [0.29, 0.717) is 24.9 Å². The fourth-order valence-electron chi connectivity index (χ4n) is 2.06. The zero-order valence-corrected chi connectivity index (χ0v) is 12.5. The molecule has 1 amide bonds. The number of nitrogens with zero attached hydrogens (tertiary/aromatic N) is 3. The van der Waals surface area contributed by atoms with Gasteiger partial charge in [-0.15, -0.1) is 5.10 Å². The molecule has 0 aliphatic carbocycles. The van der Waals surface area contributed by atoms with Gasteiger partial charge in [0.25, 0.3) is 0 Å². The van der Waals surface area contributed by atoms with Gasteiger partial charge in [0, 0.05) is 26.1 Å². The van der Waals surface area contributed by atoms with Gasteiger partial charge >= 0.3 is 0 Å². The first kappa shape index (κ1) is 15.3. The lowest BCUT2D eigenvalue weighted by molar-refractivity contribution is -0.127. The number of aliphatic hydroxyl groups excluding tert-OH is 1. The Labute approximate surface area is 122 Å². The number of H-pyrrole nitrogens is 1. The molecule has 0 aromatic carbocycles. The van der Waals surface area contributed by atoms with E-state index in [9.17, 15) is 9.90 Å². The van der Waals surface area contributed by atoms with E-state index in [1.807, 2.05) is 13.8 Å². The lowest BCUT2D eigenvalue weighted by Crippen LogP contribution is -2.31. The summed E-state index contributed by atoms with van der Waals surface area (Å²) in [6.07, 6.45) is -0.0844. The number of aryl methyl sites for hydroxylation is 1. The number of nitrogens with one attached hydrogen (secondary N) is 1. The van der Waals surface area contributed by atoms with Crippen LogP contribution in [0.25, 0.3) is 0 Å². The van der Waals surface area contributed by atoms with Crippen LogP contribution in [0, 0.1) is 0 Å². The minimum Gasteiger partial charge on any atom is -0.388 e. The van der Waals surface area contributed by atoms with Gasteiger partial charge in [-0.2, -0.15) is 0 Å². The van der Waals surface area contributed by atoms with E-state index in [2.05, 4.69) is 15.2 Å². The molecule has 2 heterocycles. The minimum atomic E-state index is -0.598. The highest BCUT2D eigenvalue weighted by Gasteiger charge is 2.34. The Morgan fingerprint density at radius 3 is 3.00 bits per heavy atom. The topological polar surface area (TPSA) is 91.3 Å². The molecule has 0 radical (unpaired) electrons. The summed E-state index contributed by atoms with van der Waals surface area (Å²) in [6, 6.07) is 0. The number of rotatable bonds is 6. The molecular formula is C12H20N4O3S. The second kappa shape index (κ2) is 7.05. The quantitative estimate of drug-likeness (QED) is 0.722. The molecule has 1 aliphatic rings. The Kier molecular flexibility index (Phi) is 5.38. The summed E-state index contributed by atoms with van der Waals surface area (Å²) in [4.78, 5) is 17.9. The molecule has 112 valence electrons. The summed E-state index contributed by atoms with van der Waals surface area (Å²) in [5, 5.41) is 17.2. The van der Waals surface area contributed by atoms with E-state index in [1.165, 1.54) is 11.8 Å². The van der Waals surface area contributed by atoms with E-state index < -0.39 is 6.10 Å². The maximum atomic E-state index is 12.1. The van der Waals surface area contributed by atoms with Gasteiger partial charge < -0.3 is 14.7 Å². The second-order valence-electron chi connectivity index (χ2n) is 4.57. The van der Waals surface area contributed by atoms with Crippen molar-refractivity contribution in [2.45, 2.75) is 37.6 Å². The molecule has 1 aromatic rings. The first-order valence-corrected chi connectivity index (χ1v) is 7.74. The van der Waals surface area contributed by atoms with Crippen molar-refractivity contribution < 1.29 is 14.6 Å². The monoisotopic (exact) mass is 300 g/mol. The molecule has 0 spiro atoms. The van der Waals surface area contributed by atoms with Crippen molar-refractivity contribution in [3.8, 4) is 0 Å². The first-order chi connectivity index (χ1) is 9.63. The number of aliphatic hydroxyl groups is 1. The van der Waals surface area contributed by atoms with Gasteiger partial charge in [0.15, 0.2) is 0 Å². The summed E-state index contributed by atoms with van der Waals surface area (Å²) in [5.41, 5.74) is 0. The van der Waals surface area contributed by atoms with Gasteiger partial charge in [0.05, 0.1) is 11.9 Å². The van der Waals surface area contributed by atoms with Gasteiger partial charge in [-0.05, 0) is 6.92 Å². The Morgan fingerprint density at radius 1 is 1.55 bits per heavy atom. The zero-order valence-electron chi connectivity index (χ0n) is 11.7. The lowest BCUT2D eigenvalue weighted by atomic mass is 10.3. The molecule has 8 heteroatoms. The van der Waals surface area contributed by atoms with Crippen molar-refractivity contribution in [1.82, 2.24) is 20.1 Å². The zero-order chi connectivity index (χ0) is 14.5. The van der Waals surface area contributed by atoms with Gasteiger partial charge in [-0.25, -0.2) is 4.98 Å². The van der Waals surface area contributed by atoms with Crippen LogP contribution in [0.4, 0.5) is 0 Å². The molecule has 1 aromatic heterocycles. The van der Waals surface area contributed by atoms with Crippen molar-refractivity contribution in [2.24, 2.45) is 0 Å². The molecule has 2 rings (SSSR count). The molecule has 0 saturated carbocycles. The number of likely N-dealkylation sites (tertiary alicyclic amines) is 1. The number of ether oxygens (including phenoxy) is 1. The van der Waals surface area contributed by atoms with E-state index in [0.717, 1.165) is 12.2 Å². The maximum absolute atomic E-state index is 12.1. The van der Waals surface area contributed by atoms with Crippen molar-refractivity contribution in [2.75, 3.05) is 25.4 Å². The number of thioether (sulfide) groups is 1. The third-order valence-electron chi connectivity index (χ3n) is 3.14. The molecule has 1 fully saturated rings. The van der Waals surface area contributed by atoms with Gasteiger partial charge in [0.1, 0.15) is 11.9 Å². The Hall–Kier alpha value is -1.12. The number of hydrogen-bond donors (Lipinski definition) is 2. The van der Waals surface area contributed by atoms with Gasteiger partial charge in [-0.3, -0.25) is 9.89 Å². The SMILES string of the molecule is CCO[C@@H]1CN(C(=O)CSc2n[nH]c(CC)n2)C[C@H]1O. The largest absolute Gasteiger partial charge is 0.388 e. The fraction of sp³-hybridized carbons (Fsp3) is 0.750. The van der Waals surface area contributed by atoms with E-state index in [1.54, 1.807) is 4.90 Å². The number of β-amino-alcohol motifs (C(OH)–C–C–N with tert-alkyl or cyclic N) is 1. The average Bonchev–Trinajstić information content (AvgIpc) is 3.04. The Bertz CT molecular complexity index is 454. The number of aromatic nitrogens is 3. The molecule has 7 nitrogen and oxygen atoms in total. The predicted molar refractivity (Wildman–Crippen MR) is 74.5 cm³/mol. The van der Waals surface area contributed by atoms with Crippen LogP contribution in [0.3, 0.4) is 0 Å². The van der Waals surface area contributed by atoms with Crippen LogP contribution in [0.15, 0.2) is 5.16 Å². The highest BCUT2D eigenvalue weighted by atomic mass is 32.2. The number of aromatic amines is 1. The van der Waals surface area contributed by atoms with Gasteiger partial charge in [-0.1, -0.05) is 18.7 Å². The summed E-state index contributed by atoms with van der Waals surface area (Å²) in [6.45, 7) is 5.18. The molecule has 1 aliphatic heterocycles. The number of hydrogen-bond acceptors (Lipinski definition) is 6. The van der Waals surface area contributed by atoms with Gasteiger partial charge in [0.2, 0.25) is 11.1 Å². The van der Waals surface area contributed by atoms with Crippen molar-refractivity contribution in [3.63, 3.8) is 0 Å². The lowest BCUT2D eigenvalue weighted by Gasteiger charge is -2.15. The molecule has 0 bridgehead atoms. The van der Waals surface area contributed by atoms with Crippen molar-refractivity contribution >= 4 is 17.7 Å². The van der Waals surface area contributed by atoms with Crippen LogP contribution in [0.2, 0.25) is 0 Å². The van der Waals surface area contributed by atoms with E-state index in [4.69, 9.17) is 4.74 Å². The standard InChI is InChI=1S/C12H20N4O3S/c1-3-10-13-12(15-14-10)20-7-11(18)16-5-8(17)9(6-16)19-4-2/h8-9,17H,3-7H2,1-2H3,(H,13,14,15)/t8-,9-/m1/s1. The number of amides is 1. The molecule has 0 unspecified atom stereocenters. The predicted octanol–water partition coefficient (Wildman–Crippen LogP) is 0.0674. The normalized spacial score (nSPS) is 22.4. The molecule has 1 saturated heterocycles. The smallest absolute Gasteiger partial charge is 0.233 e. The number of carbonyl (C=O) groups excluding carboxylic acids is 1. The molecule has 2 N–H and O–H groups in total. The molecular weight excluding hydrogens is 280 g/mol. The summed E-state index contributed by atoms with van der Waals surface area (Å²) in [5.74, 6) is 1.05. The summed E-state index contributed by atoms with van der Waals surface area (Å²) >= 11 is 1.30. The van der Waals surface area contributed by atoms with E-state index in [-0.39, 0.29) is 17.8 Å². The first-order valence-electron chi connectivity index (χ1n) is 6.75. The summed E-state index contributed by atoms with van der Waals surface area (Å²) < 4.78 is 5.40. The number of carbonyl (C=O) groups is 1. The molecule has 2 atom stereocenters. The van der Waals surface area contributed by atoms with Crippen LogP contribution in [-0.2, 0) is 16.0 Å². The van der Waals surface area contributed by atoms with Crippen LogP contribution in [0.5, 0.6) is 0 Å². The third-order valence-corrected chi connectivity index (χ3v) is 3.97. The van der Waals surface area contributed by atoms with Crippen LogP contribution >= 0.6 is 11.8 Å². The van der Waals surface area contributed by atoms with Crippen LogP contribution in [-0.4, -0.2) is 68.8 Å². The Balaban J connectivity index is 1.80. The second-order valence-corrected chi connectivity index (χ2v) is 5.51. The maximum Gasteiger partial charge on any atom is 0.233 e. The molecule has 20 heavy (non-hydrogen) atoms.